The Hall–Kier alpha value is -2.47. The smallest absolute Gasteiger partial charge is 0.217 e. The van der Waals surface area contributed by atoms with Crippen LogP contribution >= 0.6 is 0 Å². The summed E-state index contributed by atoms with van der Waals surface area (Å²) in [4.78, 5) is 11.7. The van der Waals surface area contributed by atoms with Crippen molar-refractivity contribution in [3.8, 4) is 0 Å². The fourth-order valence-corrected chi connectivity index (χ4v) is 3.46. The Morgan fingerprint density at radius 2 is 2.00 bits per heavy atom. The number of nitrogens with two attached hydrogens (primary N) is 1. The van der Waals surface area contributed by atoms with Crippen molar-refractivity contribution in [1.82, 2.24) is 10.6 Å². The van der Waals surface area contributed by atoms with Gasteiger partial charge in [-0.05, 0) is 37.3 Å². The summed E-state index contributed by atoms with van der Waals surface area (Å²) in [6, 6.07) is 9.41. The summed E-state index contributed by atoms with van der Waals surface area (Å²) < 4.78 is 5.93. The highest BCUT2D eigenvalue weighted by Crippen LogP contribution is 2.26. The molecule has 0 aromatic heterocycles. The van der Waals surface area contributed by atoms with E-state index in [9.17, 15) is 9.90 Å². The van der Waals surface area contributed by atoms with Crippen molar-refractivity contribution in [3.05, 3.63) is 60.1 Å². The van der Waals surface area contributed by atoms with Crippen LogP contribution in [0.3, 0.4) is 0 Å². The summed E-state index contributed by atoms with van der Waals surface area (Å²) in [6.45, 7) is 8.95. The lowest BCUT2D eigenvalue weighted by Crippen LogP contribution is -2.61. The molecule has 1 aromatic rings. The maximum atomic E-state index is 11.7. The van der Waals surface area contributed by atoms with E-state index in [2.05, 4.69) is 29.3 Å². The Kier molecular flexibility index (Phi) is 7.30. The molecule has 27 heavy (non-hydrogen) atoms. The van der Waals surface area contributed by atoms with Gasteiger partial charge >= 0.3 is 0 Å². The second kappa shape index (κ2) is 9.46. The minimum absolute atomic E-state index is 0.0147. The van der Waals surface area contributed by atoms with Gasteiger partial charge in [0.25, 0.3) is 0 Å². The molecule has 1 aliphatic rings. The fourth-order valence-electron chi connectivity index (χ4n) is 3.46. The van der Waals surface area contributed by atoms with Crippen molar-refractivity contribution in [2.24, 2.45) is 11.7 Å². The van der Waals surface area contributed by atoms with E-state index in [1.54, 1.807) is 0 Å². The average molecular weight is 373 g/mol. The first kappa shape index (κ1) is 20.8. The van der Waals surface area contributed by atoms with Crippen LogP contribution in [0.1, 0.15) is 32.8 Å². The number of carbonyl (C=O) groups is 1. The van der Waals surface area contributed by atoms with Gasteiger partial charge in [0, 0.05) is 6.92 Å². The second-order valence-electron chi connectivity index (χ2n) is 7.27. The third-order valence-corrected chi connectivity index (χ3v) is 4.85. The predicted molar refractivity (Wildman–Crippen MR) is 106 cm³/mol. The number of aryl methyl sites for hydroxylation is 1. The molecule has 6 heteroatoms. The molecule has 2 rings (SSSR count). The van der Waals surface area contributed by atoms with Crippen LogP contribution in [0.2, 0.25) is 0 Å². The molecule has 1 aromatic carbocycles. The molecule has 0 spiro atoms. The molecule has 1 heterocycles. The molecule has 0 aliphatic carbocycles. The van der Waals surface area contributed by atoms with Crippen molar-refractivity contribution in [2.45, 2.75) is 57.9 Å². The van der Waals surface area contributed by atoms with Gasteiger partial charge in [-0.3, -0.25) is 4.79 Å². The quantitative estimate of drug-likeness (QED) is 0.557. The molecule has 1 amide bonds. The zero-order chi connectivity index (χ0) is 20.0. The third kappa shape index (κ3) is 6.03. The third-order valence-electron chi connectivity index (χ3n) is 4.85. The van der Waals surface area contributed by atoms with E-state index < -0.39 is 18.2 Å². The van der Waals surface area contributed by atoms with Gasteiger partial charge in [-0.25, -0.2) is 0 Å². The molecule has 5 N–H and O–H groups in total. The molecule has 148 valence electrons. The summed E-state index contributed by atoms with van der Waals surface area (Å²) in [7, 11) is 0. The van der Waals surface area contributed by atoms with E-state index in [1.807, 2.05) is 38.1 Å². The van der Waals surface area contributed by atoms with Gasteiger partial charge < -0.3 is 26.2 Å². The molecule has 0 saturated carbocycles. The number of benzene rings is 1. The van der Waals surface area contributed by atoms with Gasteiger partial charge in [-0.2, -0.15) is 0 Å². The van der Waals surface area contributed by atoms with Crippen molar-refractivity contribution in [2.75, 3.05) is 0 Å². The van der Waals surface area contributed by atoms with Crippen LogP contribution in [-0.4, -0.2) is 35.3 Å². The molecule has 0 saturated heterocycles. The Bertz CT molecular complexity index is 675. The van der Waals surface area contributed by atoms with E-state index in [0.717, 1.165) is 12.8 Å². The molecule has 0 bridgehead atoms. The number of aliphatic hydroxyl groups excluding tert-OH is 1. The normalized spacial score (nSPS) is 24.1. The first-order chi connectivity index (χ1) is 12.8. The zero-order valence-electron chi connectivity index (χ0n) is 16.3. The lowest BCUT2D eigenvalue weighted by atomic mass is 9.86. The van der Waals surface area contributed by atoms with Crippen LogP contribution in [0.15, 0.2) is 54.6 Å². The van der Waals surface area contributed by atoms with Gasteiger partial charge in [0.15, 0.2) is 0 Å². The van der Waals surface area contributed by atoms with Crippen molar-refractivity contribution in [1.29, 1.82) is 0 Å². The molecular formula is C21H31N3O3. The van der Waals surface area contributed by atoms with Crippen LogP contribution in [-0.2, 0) is 16.0 Å². The number of nitrogens with one attached hydrogen (secondary N) is 2. The van der Waals surface area contributed by atoms with E-state index in [0.29, 0.717) is 11.6 Å². The highest BCUT2D eigenvalue weighted by Gasteiger charge is 2.40. The van der Waals surface area contributed by atoms with E-state index in [-0.39, 0.29) is 17.9 Å². The Morgan fingerprint density at radius 1 is 1.33 bits per heavy atom. The lowest BCUT2D eigenvalue weighted by Gasteiger charge is -2.41. The molecule has 0 fully saturated rings. The molecular weight excluding hydrogens is 342 g/mol. The number of ether oxygens (including phenoxy) is 1. The fraction of sp³-hybridized carbons (Fsp3) is 0.476. The Morgan fingerprint density at radius 3 is 2.59 bits per heavy atom. The van der Waals surface area contributed by atoms with Gasteiger partial charge in [0.1, 0.15) is 6.10 Å². The standard InChI is InChI=1S/C21H31N3O3/c1-13(10-11-17-8-6-5-7-9-17)20(26)21-19(24-16(4)25)18(23-15(3)22)12-14(2)27-21/h5-9,12-13,18-21,23,26H,3,10-11,22H2,1-2,4H3,(H,24,25)/t13-,18+,19?,20?,21?/m1/s1. The van der Waals surface area contributed by atoms with Crippen molar-refractivity contribution in [3.63, 3.8) is 0 Å². The van der Waals surface area contributed by atoms with Crippen LogP contribution in [0, 0.1) is 5.92 Å². The van der Waals surface area contributed by atoms with Crippen LogP contribution in [0.4, 0.5) is 0 Å². The molecule has 1 aliphatic heterocycles. The van der Waals surface area contributed by atoms with E-state index in [1.165, 1.54) is 12.5 Å². The number of hydrogen-bond donors (Lipinski definition) is 4. The van der Waals surface area contributed by atoms with E-state index >= 15 is 0 Å². The van der Waals surface area contributed by atoms with Gasteiger partial charge in [-0.1, -0.05) is 43.8 Å². The average Bonchev–Trinajstić information content (AvgIpc) is 2.61. The van der Waals surface area contributed by atoms with Crippen LogP contribution in [0.25, 0.3) is 0 Å². The summed E-state index contributed by atoms with van der Waals surface area (Å²) in [6.07, 6.45) is 2.19. The van der Waals surface area contributed by atoms with Crippen LogP contribution < -0.4 is 16.4 Å². The van der Waals surface area contributed by atoms with E-state index in [4.69, 9.17) is 10.5 Å². The van der Waals surface area contributed by atoms with Gasteiger partial charge in [-0.15, -0.1) is 0 Å². The molecule has 0 radical (unpaired) electrons. The van der Waals surface area contributed by atoms with Crippen LogP contribution in [0.5, 0.6) is 0 Å². The minimum Gasteiger partial charge on any atom is -0.490 e. The molecule has 3 unspecified atom stereocenters. The largest absolute Gasteiger partial charge is 0.490 e. The Labute approximate surface area is 161 Å². The topological polar surface area (TPSA) is 96.6 Å². The summed E-state index contributed by atoms with van der Waals surface area (Å²) in [5, 5.41) is 16.9. The minimum atomic E-state index is -0.746. The summed E-state index contributed by atoms with van der Waals surface area (Å²) >= 11 is 0. The SMILES string of the molecule is C=C(N)N[C@H]1C=C(C)OC(C(O)[C@H](C)CCc2ccccc2)C1NC(C)=O. The number of amides is 1. The maximum Gasteiger partial charge on any atom is 0.217 e. The highest BCUT2D eigenvalue weighted by molar-refractivity contribution is 5.73. The first-order valence-corrected chi connectivity index (χ1v) is 9.33. The highest BCUT2D eigenvalue weighted by atomic mass is 16.5. The predicted octanol–water partition coefficient (Wildman–Crippen LogP) is 1.81. The number of rotatable bonds is 8. The van der Waals surface area contributed by atoms with Gasteiger partial charge in [0.2, 0.25) is 5.91 Å². The number of aliphatic hydroxyl groups is 1. The van der Waals surface area contributed by atoms with Crippen molar-refractivity contribution < 1.29 is 14.6 Å². The molecule has 5 atom stereocenters. The number of allylic oxidation sites excluding steroid dienone is 1. The lowest BCUT2D eigenvalue weighted by molar-refractivity contribution is -0.123. The monoisotopic (exact) mass is 373 g/mol. The van der Waals surface area contributed by atoms with Crippen molar-refractivity contribution >= 4 is 5.91 Å². The van der Waals surface area contributed by atoms with Gasteiger partial charge in [0.05, 0.1) is 29.8 Å². The summed E-state index contributed by atoms with van der Waals surface area (Å²) in [5.41, 5.74) is 6.94. The zero-order valence-corrected chi connectivity index (χ0v) is 16.3. The Balaban J connectivity index is 2.12. The molecule has 6 nitrogen and oxygen atoms in total. The first-order valence-electron chi connectivity index (χ1n) is 9.33. The summed E-state index contributed by atoms with van der Waals surface area (Å²) in [5.74, 6) is 0.764. The maximum absolute atomic E-state index is 11.7. The number of carbonyl (C=O) groups excluding carboxylic acids is 1. The second-order valence-corrected chi connectivity index (χ2v) is 7.27. The number of hydrogen-bond acceptors (Lipinski definition) is 5.